The fourth-order valence-electron chi connectivity index (χ4n) is 8.44. The molecule has 0 bridgehead atoms. The van der Waals surface area contributed by atoms with Gasteiger partial charge >= 0.3 is 0 Å². The Morgan fingerprint density at radius 2 is 0.882 bits per heavy atom. The molecule has 0 heterocycles. The van der Waals surface area contributed by atoms with Gasteiger partial charge in [0, 0.05) is 27.4 Å². The van der Waals surface area contributed by atoms with Crippen LogP contribution >= 0.6 is 0 Å². The molecule has 0 radical (unpaired) electrons. The van der Waals surface area contributed by atoms with Gasteiger partial charge in [-0.3, -0.25) is 0 Å². The number of aryl methyl sites for hydroxylation is 6. The molecule has 0 saturated heterocycles. The zero-order valence-electron chi connectivity index (χ0n) is 33.9. The van der Waals surface area contributed by atoms with Crippen LogP contribution in [0.3, 0.4) is 0 Å². The van der Waals surface area contributed by atoms with E-state index in [1.165, 1.54) is 93.3 Å². The molecule has 0 aromatic heterocycles. The molecule has 0 amide bonds. The van der Waals surface area contributed by atoms with Crippen LogP contribution in [0, 0.1) is 71.1 Å². The minimum absolute atomic E-state index is 0.0658. The quantitative estimate of drug-likeness (QED) is 0.163. The van der Waals surface area contributed by atoms with Crippen molar-refractivity contribution in [3.8, 4) is 24.2 Å². The predicted molar refractivity (Wildman–Crippen MR) is 223 cm³/mol. The molecule has 1 fully saturated rings. The van der Waals surface area contributed by atoms with Crippen LogP contribution in [0.5, 0.6) is 0 Å². The van der Waals surface area contributed by atoms with Crippen LogP contribution in [0.25, 0.3) is 0 Å². The molecule has 0 nitrogen and oxygen atoms in total. The van der Waals surface area contributed by atoms with Crippen molar-refractivity contribution in [2.24, 2.45) is 5.41 Å². The standard InChI is InChI=1S/C29H38.C22H26/c1-7-29(8-2,26-14-12-22(3)23(4)20-26)27-15-13-25(24(5)21-27)16-19-28(6)17-10-9-11-18-28;1-7-19-11-13-21(15-18(19)6)22(8-2,9-3)20-12-10-16(4)17(5)14-20/h12-15,20-21H,7-11,17-18H2,1-6H3;1,10-15H,8-9H2,2-6H3. The number of terminal acetylenes is 1. The second-order valence-electron chi connectivity index (χ2n) is 15.8. The summed E-state index contributed by atoms with van der Waals surface area (Å²) in [5, 5.41) is 0. The van der Waals surface area contributed by atoms with E-state index in [9.17, 15) is 0 Å². The molecule has 5 rings (SSSR count). The predicted octanol–water partition coefficient (Wildman–Crippen LogP) is 13.7. The van der Waals surface area contributed by atoms with Crippen molar-refractivity contribution in [3.05, 3.63) is 140 Å². The molecule has 0 aliphatic heterocycles. The Balaban J connectivity index is 0.000000238. The second kappa shape index (κ2) is 17.0. The Bertz CT molecular complexity index is 1900. The lowest BCUT2D eigenvalue weighted by molar-refractivity contribution is 0.299. The Labute approximate surface area is 312 Å². The van der Waals surface area contributed by atoms with Crippen LogP contribution in [0.2, 0.25) is 0 Å². The largest absolute Gasteiger partial charge is 0.115 e. The normalized spacial score (nSPS) is 14.1. The average Bonchev–Trinajstić information content (AvgIpc) is 3.13. The van der Waals surface area contributed by atoms with Crippen molar-refractivity contribution in [1.82, 2.24) is 0 Å². The first-order valence-corrected chi connectivity index (χ1v) is 19.7. The molecule has 0 atom stereocenters. The molecule has 1 saturated carbocycles. The molecule has 0 heteroatoms. The van der Waals surface area contributed by atoms with Crippen LogP contribution in [-0.2, 0) is 10.8 Å². The molecule has 268 valence electrons. The van der Waals surface area contributed by atoms with Crippen molar-refractivity contribution >= 4 is 0 Å². The van der Waals surface area contributed by atoms with Gasteiger partial charge in [-0.15, -0.1) is 6.42 Å². The Hall–Kier alpha value is -4.00. The van der Waals surface area contributed by atoms with Crippen LogP contribution in [0.15, 0.2) is 72.8 Å². The van der Waals surface area contributed by atoms with Crippen LogP contribution < -0.4 is 0 Å². The van der Waals surface area contributed by atoms with Crippen LogP contribution in [0.4, 0.5) is 0 Å². The number of rotatable bonds is 8. The highest BCUT2D eigenvalue weighted by Gasteiger charge is 2.32. The van der Waals surface area contributed by atoms with Gasteiger partial charge in [0.1, 0.15) is 0 Å². The third kappa shape index (κ3) is 8.56. The van der Waals surface area contributed by atoms with E-state index in [1.807, 2.05) is 0 Å². The highest BCUT2D eigenvalue weighted by Crippen LogP contribution is 2.42. The molecule has 0 N–H and O–H groups in total. The second-order valence-corrected chi connectivity index (χ2v) is 15.8. The van der Waals surface area contributed by atoms with E-state index in [-0.39, 0.29) is 16.2 Å². The summed E-state index contributed by atoms with van der Waals surface area (Å²) in [7, 11) is 0. The summed E-state index contributed by atoms with van der Waals surface area (Å²) in [4.78, 5) is 0. The number of hydrogen-bond donors (Lipinski definition) is 0. The van der Waals surface area contributed by atoms with Crippen molar-refractivity contribution in [2.45, 2.75) is 145 Å². The summed E-state index contributed by atoms with van der Waals surface area (Å²) in [6, 6.07) is 27.5. The topological polar surface area (TPSA) is 0 Å². The van der Waals surface area contributed by atoms with Crippen LogP contribution in [-0.4, -0.2) is 0 Å². The maximum absolute atomic E-state index is 5.57. The Morgan fingerprint density at radius 3 is 1.24 bits per heavy atom. The van der Waals surface area contributed by atoms with E-state index in [1.54, 1.807) is 0 Å². The first-order chi connectivity index (χ1) is 24.3. The lowest BCUT2D eigenvalue weighted by Crippen LogP contribution is -2.26. The molecule has 1 aliphatic rings. The lowest BCUT2D eigenvalue weighted by Gasteiger charge is -2.34. The molecule has 0 unspecified atom stereocenters. The fourth-order valence-corrected chi connectivity index (χ4v) is 8.44. The van der Waals surface area contributed by atoms with Gasteiger partial charge in [0.05, 0.1) is 0 Å². The maximum atomic E-state index is 5.57. The van der Waals surface area contributed by atoms with Crippen LogP contribution in [0.1, 0.15) is 159 Å². The molecular weight excluding hydrogens is 613 g/mol. The fraction of sp³-hybridized carbons (Fsp3) is 0.451. The van der Waals surface area contributed by atoms with Gasteiger partial charge in [0.25, 0.3) is 0 Å². The first-order valence-electron chi connectivity index (χ1n) is 19.7. The van der Waals surface area contributed by atoms with E-state index in [0.29, 0.717) is 0 Å². The zero-order valence-corrected chi connectivity index (χ0v) is 33.9. The summed E-state index contributed by atoms with van der Waals surface area (Å²) in [6.07, 6.45) is 16.5. The van der Waals surface area contributed by atoms with Gasteiger partial charge in [-0.05, 0) is 155 Å². The maximum Gasteiger partial charge on any atom is 0.0290 e. The van der Waals surface area contributed by atoms with Crippen molar-refractivity contribution in [2.75, 3.05) is 0 Å². The van der Waals surface area contributed by atoms with Gasteiger partial charge in [-0.2, -0.15) is 0 Å². The minimum Gasteiger partial charge on any atom is -0.115 e. The van der Waals surface area contributed by atoms with E-state index >= 15 is 0 Å². The van der Waals surface area contributed by atoms with E-state index in [4.69, 9.17) is 6.42 Å². The zero-order chi connectivity index (χ0) is 37.4. The monoisotopic (exact) mass is 677 g/mol. The third-order valence-corrected chi connectivity index (χ3v) is 12.7. The van der Waals surface area contributed by atoms with E-state index < -0.39 is 0 Å². The summed E-state index contributed by atoms with van der Waals surface area (Å²) in [5.74, 6) is 9.95. The molecular formula is C51H64. The van der Waals surface area contributed by atoms with Gasteiger partial charge in [0.15, 0.2) is 0 Å². The summed E-state index contributed by atoms with van der Waals surface area (Å²) < 4.78 is 0. The van der Waals surface area contributed by atoms with Gasteiger partial charge in [-0.1, -0.05) is 125 Å². The molecule has 0 spiro atoms. The van der Waals surface area contributed by atoms with Crippen molar-refractivity contribution < 1.29 is 0 Å². The minimum atomic E-state index is 0.0658. The highest BCUT2D eigenvalue weighted by atomic mass is 14.4. The average molecular weight is 677 g/mol. The number of benzene rings is 4. The van der Waals surface area contributed by atoms with E-state index in [0.717, 1.165) is 31.2 Å². The first kappa shape index (κ1) is 39.8. The third-order valence-electron chi connectivity index (χ3n) is 12.7. The van der Waals surface area contributed by atoms with E-state index in [2.05, 4.69) is 167 Å². The Morgan fingerprint density at radius 1 is 0.510 bits per heavy atom. The van der Waals surface area contributed by atoms with Gasteiger partial charge in [-0.25, -0.2) is 0 Å². The Kier molecular flexibility index (Phi) is 13.3. The summed E-state index contributed by atoms with van der Waals surface area (Å²) in [5.41, 5.74) is 16.2. The number of hydrogen-bond acceptors (Lipinski definition) is 0. The van der Waals surface area contributed by atoms with Gasteiger partial charge in [0.2, 0.25) is 0 Å². The SMILES string of the molecule is C#Cc1ccc(C(CC)(CC)c2ccc(C)c(C)c2)cc1C.CCC(CC)(c1ccc(C)c(C)c1)c1ccc(C#CC2(C)CCCCC2)c(C)c1. The smallest absolute Gasteiger partial charge is 0.0290 e. The summed E-state index contributed by atoms with van der Waals surface area (Å²) >= 11 is 0. The molecule has 4 aromatic rings. The molecule has 1 aliphatic carbocycles. The van der Waals surface area contributed by atoms with Crippen molar-refractivity contribution in [1.29, 1.82) is 0 Å². The lowest BCUT2D eigenvalue weighted by atomic mass is 9.69. The highest BCUT2D eigenvalue weighted by molar-refractivity contribution is 5.50. The van der Waals surface area contributed by atoms with Gasteiger partial charge < -0.3 is 0 Å². The molecule has 51 heavy (non-hydrogen) atoms. The summed E-state index contributed by atoms with van der Waals surface area (Å²) in [6.45, 7) is 24.7. The van der Waals surface area contributed by atoms with Crippen molar-refractivity contribution in [3.63, 3.8) is 0 Å². The molecule has 4 aromatic carbocycles.